The second-order valence-corrected chi connectivity index (χ2v) is 5.01. The van der Waals surface area contributed by atoms with Crippen molar-refractivity contribution in [1.82, 2.24) is 4.90 Å². The van der Waals surface area contributed by atoms with Gasteiger partial charge in [0.25, 0.3) is 0 Å². The maximum atomic E-state index is 11.8. The molecule has 0 spiro atoms. The van der Waals surface area contributed by atoms with Crippen molar-refractivity contribution < 1.29 is 15.0 Å². The van der Waals surface area contributed by atoms with Crippen LogP contribution in [0.2, 0.25) is 0 Å². The normalized spacial score (nSPS) is 18.4. The highest BCUT2D eigenvalue weighted by atomic mass is 16.3. The molecule has 1 saturated heterocycles. The Morgan fingerprint density at radius 2 is 2.05 bits per heavy atom. The number of carbonyl (C=O) groups is 1. The van der Waals surface area contributed by atoms with Crippen LogP contribution < -0.4 is 4.90 Å². The largest absolute Gasteiger partial charge is 0.507 e. The summed E-state index contributed by atoms with van der Waals surface area (Å²) in [4.78, 5) is 15.5. The van der Waals surface area contributed by atoms with Crippen molar-refractivity contribution in [2.75, 3.05) is 31.6 Å². The average Bonchev–Trinajstić information content (AvgIpc) is 2.51. The summed E-state index contributed by atoms with van der Waals surface area (Å²) in [5, 5.41) is 19.4. The van der Waals surface area contributed by atoms with E-state index in [4.69, 9.17) is 0 Å². The third-order valence-corrected chi connectivity index (χ3v) is 3.50. The van der Waals surface area contributed by atoms with Gasteiger partial charge >= 0.3 is 0 Å². The minimum Gasteiger partial charge on any atom is -0.507 e. The van der Waals surface area contributed by atoms with Crippen molar-refractivity contribution in [2.24, 2.45) is 0 Å². The highest BCUT2D eigenvalue weighted by Crippen LogP contribution is 2.29. The van der Waals surface area contributed by atoms with E-state index < -0.39 is 6.10 Å². The number of hydrogen-bond donors (Lipinski definition) is 2. The fourth-order valence-electron chi connectivity index (χ4n) is 2.29. The summed E-state index contributed by atoms with van der Waals surface area (Å²) < 4.78 is 0. The molecule has 1 unspecified atom stereocenters. The van der Waals surface area contributed by atoms with Gasteiger partial charge in [-0.3, -0.25) is 4.79 Å². The van der Waals surface area contributed by atoms with Gasteiger partial charge in [-0.1, -0.05) is 6.07 Å². The maximum Gasteiger partial charge on any atom is 0.241 e. The van der Waals surface area contributed by atoms with Gasteiger partial charge in [-0.15, -0.1) is 0 Å². The Labute approximate surface area is 113 Å². The van der Waals surface area contributed by atoms with Gasteiger partial charge in [0, 0.05) is 37.5 Å². The van der Waals surface area contributed by atoms with E-state index in [2.05, 4.69) is 0 Å². The quantitative estimate of drug-likeness (QED) is 0.840. The molecule has 1 aliphatic heterocycles. The van der Waals surface area contributed by atoms with Crippen molar-refractivity contribution >= 4 is 11.6 Å². The summed E-state index contributed by atoms with van der Waals surface area (Å²) in [6.07, 6.45) is 0.201. The summed E-state index contributed by atoms with van der Waals surface area (Å²) in [6.45, 7) is 3.47. The summed E-state index contributed by atoms with van der Waals surface area (Å²) in [5.41, 5.74) is 1.31. The Morgan fingerprint density at radius 3 is 2.68 bits per heavy atom. The predicted octanol–water partition coefficient (Wildman–Crippen LogP) is 1.11. The molecule has 5 heteroatoms. The first-order valence-electron chi connectivity index (χ1n) is 6.49. The number of likely N-dealkylation sites (N-methyl/N-ethyl adjacent to an activating group) is 1. The Kier molecular flexibility index (Phi) is 3.95. The van der Waals surface area contributed by atoms with Gasteiger partial charge in [0.05, 0.1) is 12.6 Å². The summed E-state index contributed by atoms with van der Waals surface area (Å²) in [6, 6.07) is 5.15. The molecule has 0 aromatic heterocycles. The van der Waals surface area contributed by atoms with Gasteiger partial charge in [0.15, 0.2) is 0 Å². The van der Waals surface area contributed by atoms with E-state index in [1.54, 1.807) is 31.0 Å². The molecule has 1 fully saturated rings. The van der Waals surface area contributed by atoms with Gasteiger partial charge in [0.2, 0.25) is 5.91 Å². The third kappa shape index (κ3) is 2.98. The third-order valence-electron chi connectivity index (χ3n) is 3.50. The lowest BCUT2D eigenvalue weighted by Gasteiger charge is -2.23. The highest BCUT2D eigenvalue weighted by molar-refractivity contribution is 5.81. The van der Waals surface area contributed by atoms with Gasteiger partial charge < -0.3 is 20.0 Å². The van der Waals surface area contributed by atoms with E-state index >= 15 is 0 Å². The zero-order valence-electron chi connectivity index (χ0n) is 11.3. The van der Waals surface area contributed by atoms with Gasteiger partial charge in [-0.05, 0) is 19.4 Å². The molecule has 1 heterocycles. The van der Waals surface area contributed by atoms with E-state index in [0.29, 0.717) is 12.1 Å². The molecule has 0 saturated carbocycles. The molecule has 2 rings (SSSR count). The first-order valence-corrected chi connectivity index (χ1v) is 6.49. The summed E-state index contributed by atoms with van der Waals surface area (Å²) >= 11 is 0. The number of rotatable bonds is 2. The highest BCUT2D eigenvalue weighted by Gasteiger charge is 2.20. The van der Waals surface area contributed by atoms with Crippen LogP contribution in [-0.2, 0) is 4.79 Å². The number of nitrogens with zero attached hydrogens (tertiary/aromatic N) is 2. The fraction of sp³-hybridized carbons (Fsp3) is 0.500. The molecule has 104 valence electrons. The van der Waals surface area contributed by atoms with Crippen molar-refractivity contribution in [3.05, 3.63) is 23.8 Å². The van der Waals surface area contributed by atoms with Crippen molar-refractivity contribution in [3.63, 3.8) is 0 Å². The van der Waals surface area contributed by atoms with E-state index in [9.17, 15) is 15.0 Å². The van der Waals surface area contributed by atoms with Crippen molar-refractivity contribution in [2.45, 2.75) is 19.4 Å². The lowest BCUT2D eigenvalue weighted by molar-refractivity contribution is -0.127. The van der Waals surface area contributed by atoms with Crippen LogP contribution in [0, 0.1) is 0 Å². The standard InChI is InChI=1S/C14H20N2O3/c1-10(17)12-5-4-11(8-13(12)18)16-7-3-6-15(2)14(19)9-16/h4-5,8,10,17-18H,3,6-7,9H2,1-2H3. The number of aliphatic hydroxyl groups excluding tert-OH is 1. The zero-order chi connectivity index (χ0) is 14.0. The molecule has 19 heavy (non-hydrogen) atoms. The van der Waals surface area contributed by atoms with Crippen LogP contribution in [-0.4, -0.2) is 47.7 Å². The molecule has 1 aromatic carbocycles. The second kappa shape index (κ2) is 5.48. The van der Waals surface area contributed by atoms with Crippen molar-refractivity contribution in [1.29, 1.82) is 0 Å². The average molecular weight is 264 g/mol. The predicted molar refractivity (Wildman–Crippen MR) is 73.2 cm³/mol. The SMILES string of the molecule is CC(O)c1ccc(N2CCCN(C)C(=O)C2)cc1O. The molecule has 0 radical (unpaired) electrons. The van der Waals surface area contributed by atoms with E-state index in [0.717, 1.165) is 25.2 Å². The number of benzene rings is 1. The van der Waals surface area contributed by atoms with E-state index in [1.165, 1.54) is 0 Å². The molecule has 1 aliphatic rings. The molecular weight excluding hydrogens is 244 g/mol. The number of phenolic OH excluding ortho intramolecular Hbond substituents is 1. The minimum atomic E-state index is -0.703. The molecule has 0 bridgehead atoms. The second-order valence-electron chi connectivity index (χ2n) is 5.01. The number of aromatic hydroxyl groups is 1. The summed E-state index contributed by atoms with van der Waals surface area (Å²) in [7, 11) is 1.81. The Hall–Kier alpha value is -1.75. The van der Waals surface area contributed by atoms with E-state index in [-0.39, 0.29) is 11.7 Å². The molecule has 1 atom stereocenters. The van der Waals surface area contributed by atoms with Crippen LogP contribution in [0.4, 0.5) is 5.69 Å². The smallest absolute Gasteiger partial charge is 0.241 e. The molecule has 5 nitrogen and oxygen atoms in total. The number of hydrogen-bond acceptors (Lipinski definition) is 4. The lowest BCUT2D eigenvalue weighted by atomic mass is 10.1. The topological polar surface area (TPSA) is 64.0 Å². The van der Waals surface area contributed by atoms with Crippen LogP contribution >= 0.6 is 0 Å². The van der Waals surface area contributed by atoms with Crippen LogP contribution in [0.15, 0.2) is 18.2 Å². The number of anilines is 1. The van der Waals surface area contributed by atoms with Crippen LogP contribution in [0.5, 0.6) is 5.75 Å². The Bertz CT molecular complexity index is 474. The van der Waals surface area contributed by atoms with Gasteiger partial charge in [-0.25, -0.2) is 0 Å². The lowest BCUT2D eigenvalue weighted by Crippen LogP contribution is -2.34. The maximum absolute atomic E-state index is 11.8. The number of carbonyl (C=O) groups excluding carboxylic acids is 1. The van der Waals surface area contributed by atoms with Crippen LogP contribution in [0.1, 0.15) is 25.0 Å². The molecule has 1 aromatic rings. The molecule has 1 amide bonds. The number of phenols is 1. The summed E-state index contributed by atoms with van der Waals surface area (Å²) in [5.74, 6) is 0.147. The van der Waals surface area contributed by atoms with Gasteiger partial charge in [-0.2, -0.15) is 0 Å². The van der Waals surface area contributed by atoms with Crippen LogP contribution in [0.3, 0.4) is 0 Å². The first kappa shape index (κ1) is 13.7. The molecular formula is C14H20N2O3. The Balaban J connectivity index is 2.22. The fourth-order valence-corrected chi connectivity index (χ4v) is 2.29. The number of amides is 1. The Morgan fingerprint density at radius 1 is 1.32 bits per heavy atom. The van der Waals surface area contributed by atoms with E-state index in [1.807, 2.05) is 11.0 Å². The first-order chi connectivity index (χ1) is 8.99. The molecule has 2 N–H and O–H groups in total. The van der Waals surface area contributed by atoms with Crippen molar-refractivity contribution in [3.8, 4) is 5.75 Å². The molecule has 0 aliphatic carbocycles. The minimum absolute atomic E-state index is 0.0672. The zero-order valence-corrected chi connectivity index (χ0v) is 11.3. The number of aliphatic hydroxyl groups is 1. The van der Waals surface area contributed by atoms with Crippen LogP contribution in [0.25, 0.3) is 0 Å². The monoisotopic (exact) mass is 264 g/mol. The van der Waals surface area contributed by atoms with Gasteiger partial charge in [0.1, 0.15) is 5.75 Å².